The van der Waals surface area contributed by atoms with Gasteiger partial charge in [-0.1, -0.05) is 20.3 Å². The average molecular weight is 302 g/mol. The summed E-state index contributed by atoms with van der Waals surface area (Å²) in [6.45, 7) is 6.81. The Balaban J connectivity index is 1.66. The predicted molar refractivity (Wildman–Crippen MR) is 86.5 cm³/mol. The molecule has 1 amide bonds. The van der Waals surface area contributed by atoms with Crippen molar-refractivity contribution in [3.8, 4) is 0 Å². The maximum Gasteiger partial charge on any atom is 0.225 e. The van der Waals surface area contributed by atoms with Gasteiger partial charge in [-0.25, -0.2) is 9.97 Å². The lowest BCUT2D eigenvalue weighted by Gasteiger charge is -2.41. The lowest BCUT2D eigenvalue weighted by molar-refractivity contribution is -0.129. The van der Waals surface area contributed by atoms with Crippen molar-refractivity contribution in [2.75, 3.05) is 24.5 Å². The molecule has 1 aliphatic carbocycles. The van der Waals surface area contributed by atoms with Crippen molar-refractivity contribution in [3.05, 3.63) is 18.5 Å². The van der Waals surface area contributed by atoms with E-state index in [1.807, 2.05) is 6.07 Å². The minimum Gasteiger partial charge on any atom is -0.356 e. The van der Waals surface area contributed by atoms with Crippen LogP contribution in [-0.2, 0) is 4.79 Å². The number of anilines is 1. The second-order valence-corrected chi connectivity index (χ2v) is 7.17. The van der Waals surface area contributed by atoms with E-state index in [4.69, 9.17) is 0 Å². The zero-order valence-corrected chi connectivity index (χ0v) is 13.6. The Morgan fingerprint density at radius 3 is 2.73 bits per heavy atom. The van der Waals surface area contributed by atoms with Gasteiger partial charge in [-0.05, 0) is 31.2 Å². The van der Waals surface area contributed by atoms with Gasteiger partial charge in [0.25, 0.3) is 0 Å². The number of carbonyl (C=O) groups is 1. The maximum atomic E-state index is 12.6. The molecule has 2 fully saturated rings. The van der Waals surface area contributed by atoms with Crippen LogP contribution >= 0.6 is 0 Å². The maximum absolute atomic E-state index is 12.6. The molecular weight excluding hydrogens is 276 g/mol. The first-order valence-corrected chi connectivity index (χ1v) is 8.40. The van der Waals surface area contributed by atoms with Crippen LogP contribution in [0.5, 0.6) is 0 Å². The summed E-state index contributed by atoms with van der Waals surface area (Å²) < 4.78 is 0. The second kappa shape index (κ2) is 6.23. The van der Waals surface area contributed by atoms with E-state index in [0.29, 0.717) is 5.92 Å². The first kappa shape index (κ1) is 15.3. The van der Waals surface area contributed by atoms with Gasteiger partial charge >= 0.3 is 0 Å². The van der Waals surface area contributed by atoms with Crippen LogP contribution in [-0.4, -0.2) is 35.5 Å². The molecule has 1 aromatic rings. The van der Waals surface area contributed by atoms with Crippen molar-refractivity contribution in [3.63, 3.8) is 0 Å². The van der Waals surface area contributed by atoms with Crippen molar-refractivity contribution < 1.29 is 4.79 Å². The molecule has 1 saturated carbocycles. The molecule has 3 rings (SSSR count). The normalized spacial score (nSPS) is 22.9. The molecule has 2 aliphatic rings. The van der Waals surface area contributed by atoms with E-state index < -0.39 is 0 Å². The van der Waals surface area contributed by atoms with Crippen LogP contribution < -0.4 is 10.2 Å². The van der Waals surface area contributed by atoms with Gasteiger partial charge in [0.05, 0.1) is 5.92 Å². The first-order chi connectivity index (χ1) is 10.6. The summed E-state index contributed by atoms with van der Waals surface area (Å²) in [7, 11) is 0. The Bertz CT molecular complexity index is 513. The second-order valence-electron chi connectivity index (χ2n) is 7.17. The van der Waals surface area contributed by atoms with E-state index in [2.05, 4.69) is 34.0 Å². The standard InChI is InChI=1S/C17H26N4O/c1-13(2)5-10-18-15(22)14-11-21(12-17(14)6-3-7-17)16-19-8-4-9-20-16/h4,8-9,13-14H,3,5-7,10-12H2,1-2H3,(H,18,22). The van der Waals surface area contributed by atoms with Crippen LogP contribution in [0.3, 0.4) is 0 Å². The zero-order valence-electron chi connectivity index (χ0n) is 13.6. The molecule has 5 heteroatoms. The number of carbonyl (C=O) groups excluding carboxylic acids is 1. The number of nitrogens with zero attached hydrogens (tertiary/aromatic N) is 3. The highest BCUT2D eigenvalue weighted by molar-refractivity contribution is 5.81. The Morgan fingerprint density at radius 2 is 2.14 bits per heavy atom. The molecule has 0 aromatic carbocycles. The third-order valence-electron chi connectivity index (χ3n) is 5.17. The topological polar surface area (TPSA) is 58.1 Å². The first-order valence-electron chi connectivity index (χ1n) is 8.40. The average Bonchev–Trinajstić information content (AvgIpc) is 2.88. The Morgan fingerprint density at radius 1 is 1.41 bits per heavy atom. The van der Waals surface area contributed by atoms with Crippen LogP contribution in [0.15, 0.2) is 18.5 Å². The molecule has 1 spiro atoms. The molecule has 2 heterocycles. The van der Waals surface area contributed by atoms with E-state index in [1.54, 1.807) is 12.4 Å². The van der Waals surface area contributed by atoms with Crippen molar-refractivity contribution >= 4 is 11.9 Å². The summed E-state index contributed by atoms with van der Waals surface area (Å²) in [6, 6.07) is 1.83. The molecule has 1 unspecified atom stereocenters. The van der Waals surface area contributed by atoms with E-state index in [1.165, 1.54) is 6.42 Å². The van der Waals surface area contributed by atoms with Crippen LogP contribution in [0.1, 0.15) is 39.5 Å². The molecule has 22 heavy (non-hydrogen) atoms. The summed E-state index contributed by atoms with van der Waals surface area (Å²) in [5.74, 6) is 1.68. The predicted octanol–water partition coefficient (Wildman–Crippen LogP) is 2.25. The highest BCUT2D eigenvalue weighted by Crippen LogP contribution is 2.52. The van der Waals surface area contributed by atoms with Gasteiger partial charge in [-0.15, -0.1) is 0 Å². The van der Waals surface area contributed by atoms with Gasteiger partial charge in [0.15, 0.2) is 0 Å². The summed E-state index contributed by atoms with van der Waals surface area (Å²) in [6.07, 6.45) is 8.12. The quantitative estimate of drug-likeness (QED) is 0.906. The fraction of sp³-hybridized carbons (Fsp3) is 0.706. The summed E-state index contributed by atoms with van der Waals surface area (Å²) in [5.41, 5.74) is 0.154. The van der Waals surface area contributed by atoms with E-state index in [0.717, 1.165) is 44.8 Å². The molecule has 120 valence electrons. The molecular formula is C17H26N4O. The zero-order chi connectivity index (χ0) is 15.6. The molecule has 1 N–H and O–H groups in total. The van der Waals surface area contributed by atoms with Crippen molar-refractivity contribution in [2.45, 2.75) is 39.5 Å². The number of amides is 1. The minimum absolute atomic E-state index is 0.0808. The monoisotopic (exact) mass is 302 g/mol. The van der Waals surface area contributed by atoms with Crippen molar-refractivity contribution in [1.82, 2.24) is 15.3 Å². The van der Waals surface area contributed by atoms with Gasteiger partial charge in [0.2, 0.25) is 11.9 Å². The van der Waals surface area contributed by atoms with Gasteiger partial charge in [-0.3, -0.25) is 4.79 Å². The minimum atomic E-state index is 0.0808. The van der Waals surface area contributed by atoms with Crippen molar-refractivity contribution in [1.29, 1.82) is 0 Å². The number of nitrogens with one attached hydrogen (secondary N) is 1. The van der Waals surface area contributed by atoms with Crippen molar-refractivity contribution in [2.24, 2.45) is 17.3 Å². The van der Waals surface area contributed by atoms with Gasteiger partial charge in [-0.2, -0.15) is 0 Å². The lowest BCUT2D eigenvalue weighted by atomic mass is 9.62. The molecule has 0 radical (unpaired) electrons. The van der Waals surface area contributed by atoms with E-state index in [9.17, 15) is 4.79 Å². The van der Waals surface area contributed by atoms with Crippen LogP contribution in [0, 0.1) is 17.3 Å². The number of hydrogen-bond acceptors (Lipinski definition) is 4. The van der Waals surface area contributed by atoms with Crippen LogP contribution in [0.2, 0.25) is 0 Å². The fourth-order valence-corrected chi connectivity index (χ4v) is 3.68. The molecule has 1 atom stereocenters. The number of rotatable bonds is 5. The fourth-order valence-electron chi connectivity index (χ4n) is 3.68. The van der Waals surface area contributed by atoms with E-state index >= 15 is 0 Å². The van der Waals surface area contributed by atoms with Gasteiger partial charge in [0, 0.05) is 37.4 Å². The van der Waals surface area contributed by atoms with Crippen LogP contribution in [0.25, 0.3) is 0 Å². The third-order valence-corrected chi connectivity index (χ3v) is 5.17. The lowest BCUT2D eigenvalue weighted by Crippen LogP contribution is -2.45. The molecule has 0 bridgehead atoms. The Hall–Kier alpha value is -1.65. The summed E-state index contributed by atoms with van der Waals surface area (Å²) >= 11 is 0. The summed E-state index contributed by atoms with van der Waals surface area (Å²) in [5, 5.41) is 3.14. The highest BCUT2D eigenvalue weighted by Gasteiger charge is 2.53. The van der Waals surface area contributed by atoms with Crippen LogP contribution in [0.4, 0.5) is 5.95 Å². The Kier molecular flexibility index (Phi) is 4.32. The smallest absolute Gasteiger partial charge is 0.225 e. The molecule has 1 aliphatic heterocycles. The largest absolute Gasteiger partial charge is 0.356 e. The van der Waals surface area contributed by atoms with E-state index in [-0.39, 0.29) is 17.2 Å². The number of hydrogen-bond donors (Lipinski definition) is 1. The molecule has 1 saturated heterocycles. The Labute approximate surface area is 132 Å². The third kappa shape index (κ3) is 2.94. The highest BCUT2D eigenvalue weighted by atomic mass is 16.2. The summed E-state index contributed by atoms with van der Waals surface area (Å²) in [4.78, 5) is 23.5. The number of aromatic nitrogens is 2. The van der Waals surface area contributed by atoms with Gasteiger partial charge < -0.3 is 10.2 Å². The SMILES string of the molecule is CC(C)CCNC(=O)C1CN(c2ncccn2)CC12CCC2. The van der Waals surface area contributed by atoms with Gasteiger partial charge in [0.1, 0.15) is 0 Å². The molecule has 1 aromatic heterocycles. The molecule has 5 nitrogen and oxygen atoms in total.